The summed E-state index contributed by atoms with van der Waals surface area (Å²) in [5.41, 5.74) is 1.89. The second-order valence-corrected chi connectivity index (χ2v) is 17.4. The molecule has 300 valence electrons. The van der Waals surface area contributed by atoms with E-state index in [9.17, 15) is 18.0 Å². The molecule has 0 atom stereocenters. The fourth-order valence-corrected chi connectivity index (χ4v) is 7.53. The van der Waals surface area contributed by atoms with Crippen LogP contribution in [0.15, 0.2) is 12.1 Å². The maximum absolute atomic E-state index is 12.8. The number of hydrogen-bond donors (Lipinski definition) is 4. The molecule has 3 fully saturated rings. The second kappa shape index (κ2) is 19.8. The SMILES string of the molecule is CC1CCN(c2nc(N3CCC(C)CC3)nc(N3CCC(NC(=O)CCCCCNCc4cc(C(C)C)cc(C(=O)NCCS(=O)(=O)O)n4)CC3)n2)CC1. The van der Waals surface area contributed by atoms with E-state index in [1.807, 2.05) is 19.9 Å². The summed E-state index contributed by atoms with van der Waals surface area (Å²) in [5, 5.41) is 9.15. The van der Waals surface area contributed by atoms with Gasteiger partial charge in [0.2, 0.25) is 23.8 Å². The van der Waals surface area contributed by atoms with E-state index in [1.165, 1.54) is 0 Å². The lowest BCUT2D eigenvalue weighted by atomic mass is 9.99. The first-order chi connectivity index (χ1) is 25.8. The van der Waals surface area contributed by atoms with E-state index in [0.29, 0.717) is 13.0 Å². The Kier molecular flexibility index (Phi) is 15.2. The first-order valence-corrected chi connectivity index (χ1v) is 21.7. The van der Waals surface area contributed by atoms with Crippen LogP contribution >= 0.6 is 0 Å². The zero-order valence-electron chi connectivity index (χ0n) is 32.7. The van der Waals surface area contributed by atoms with Crippen molar-refractivity contribution in [3.05, 3.63) is 29.1 Å². The van der Waals surface area contributed by atoms with Crippen LogP contribution in [0.5, 0.6) is 0 Å². The van der Waals surface area contributed by atoms with Crippen LogP contribution in [-0.4, -0.2) is 109 Å². The topological polar surface area (TPSA) is 186 Å². The van der Waals surface area contributed by atoms with Crippen LogP contribution in [0.25, 0.3) is 0 Å². The van der Waals surface area contributed by atoms with E-state index >= 15 is 0 Å². The smallest absolute Gasteiger partial charge is 0.269 e. The van der Waals surface area contributed by atoms with Gasteiger partial charge in [-0.3, -0.25) is 14.1 Å². The highest BCUT2D eigenvalue weighted by Crippen LogP contribution is 2.27. The van der Waals surface area contributed by atoms with E-state index < -0.39 is 21.8 Å². The van der Waals surface area contributed by atoms with E-state index in [1.54, 1.807) is 6.07 Å². The zero-order chi connectivity index (χ0) is 38.7. The van der Waals surface area contributed by atoms with Crippen LogP contribution in [-0.2, 0) is 21.5 Å². The van der Waals surface area contributed by atoms with Crippen molar-refractivity contribution in [3.8, 4) is 0 Å². The fourth-order valence-electron chi connectivity index (χ4n) is 7.17. The van der Waals surface area contributed by atoms with E-state index in [2.05, 4.69) is 49.5 Å². The number of pyridine rings is 1. The molecule has 3 aliphatic heterocycles. The van der Waals surface area contributed by atoms with Crippen molar-refractivity contribution in [3.63, 3.8) is 0 Å². The average Bonchev–Trinajstić information content (AvgIpc) is 3.14. The number of amides is 2. The number of hydrogen-bond acceptors (Lipinski definition) is 12. The van der Waals surface area contributed by atoms with Gasteiger partial charge >= 0.3 is 0 Å². The molecule has 2 aromatic heterocycles. The second-order valence-electron chi connectivity index (χ2n) is 15.9. The van der Waals surface area contributed by atoms with E-state index in [0.717, 1.165) is 145 Å². The predicted octanol–water partition coefficient (Wildman–Crippen LogP) is 3.92. The largest absolute Gasteiger partial charge is 0.353 e. The van der Waals surface area contributed by atoms with Crippen molar-refractivity contribution < 1.29 is 22.6 Å². The minimum Gasteiger partial charge on any atom is -0.353 e. The number of nitrogens with zero attached hydrogens (tertiary/aromatic N) is 7. The van der Waals surface area contributed by atoms with Crippen molar-refractivity contribution in [2.24, 2.45) is 11.8 Å². The summed E-state index contributed by atoms with van der Waals surface area (Å²) >= 11 is 0. The highest BCUT2D eigenvalue weighted by molar-refractivity contribution is 7.85. The number of piperidine rings is 3. The Morgan fingerprint density at radius 1 is 0.778 bits per heavy atom. The molecule has 0 saturated carbocycles. The molecule has 0 aromatic carbocycles. The highest BCUT2D eigenvalue weighted by atomic mass is 32.2. The van der Waals surface area contributed by atoms with Crippen molar-refractivity contribution >= 4 is 39.8 Å². The summed E-state index contributed by atoms with van der Waals surface area (Å²) in [7, 11) is -4.16. The number of rotatable bonds is 17. The summed E-state index contributed by atoms with van der Waals surface area (Å²) in [6, 6.07) is 3.82. The Labute approximate surface area is 321 Å². The monoisotopic (exact) mass is 770 g/mol. The van der Waals surface area contributed by atoms with Crippen LogP contribution in [0.4, 0.5) is 17.8 Å². The number of unbranched alkanes of at least 4 members (excludes halogenated alkanes) is 2. The molecule has 3 saturated heterocycles. The summed E-state index contributed by atoms with van der Waals surface area (Å²) in [4.78, 5) is 51.8. The molecule has 0 aliphatic carbocycles. The minimum atomic E-state index is -4.16. The van der Waals surface area contributed by atoms with Gasteiger partial charge in [0.1, 0.15) is 5.69 Å². The molecule has 0 spiro atoms. The standard InChI is InChI=1S/C38H62N10O5S/c1-27(2)30-24-32(41-33(25-30)35(50)40-16-23-54(51,52)53)26-39-15-7-5-6-8-34(49)42-31-13-21-48(22-14-31)38-44-36(46-17-9-28(3)10-18-46)43-37(45-38)47-19-11-29(4)12-20-47/h24-25,27-29,31,39H,5-23,26H2,1-4H3,(H,40,50)(H,42,49)(H,51,52,53). The van der Waals surface area contributed by atoms with Gasteiger partial charge in [-0.25, -0.2) is 4.98 Å². The summed E-state index contributed by atoms with van der Waals surface area (Å²) in [6.07, 6.45) is 9.45. The molecule has 0 radical (unpaired) electrons. The molecule has 15 nitrogen and oxygen atoms in total. The van der Waals surface area contributed by atoms with Gasteiger partial charge in [0.25, 0.3) is 16.0 Å². The molecule has 0 unspecified atom stereocenters. The molecule has 5 rings (SSSR count). The highest BCUT2D eigenvalue weighted by Gasteiger charge is 2.27. The van der Waals surface area contributed by atoms with Gasteiger partial charge in [-0.1, -0.05) is 34.1 Å². The van der Waals surface area contributed by atoms with Gasteiger partial charge in [-0.2, -0.15) is 23.4 Å². The maximum Gasteiger partial charge on any atom is 0.269 e. The van der Waals surface area contributed by atoms with Crippen LogP contribution in [0, 0.1) is 11.8 Å². The van der Waals surface area contributed by atoms with E-state index in [-0.39, 0.29) is 30.1 Å². The number of anilines is 3. The molecule has 2 amide bonds. The number of aromatic nitrogens is 4. The Morgan fingerprint density at radius 2 is 1.31 bits per heavy atom. The quantitative estimate of drug-likeness (QED) is 0.134. The summed E-state index contributed by atoms with van der Waals surface area (Å²) in [6.45, 7) is 15.2. The molecule has 16 heteroatoms. The van der Waals surface area contributed by atoms with Gasteiger partial charge in [-0.15, -0.1) is 0 Å². The van der Waals surface area contributed by atoms with Crippen molar-refractivity contribution in [1.29, 1.82) is 0 Å². The van der Waals surface area contributed by atoms with Gasteiger partial charge in [0, 0.05) is 64.8 Å². The Morgan fingerprint density at radius 3 is 1.83 bits per heavy atom. The van der Waals surface area contributed by atoms with Crippen LogP contribution in [0.3, 0.4) is 0 Å². The van der Waals surface area contributed by atoms with Crippen LogP contribution in [0.2, 0.25) is 0 Å². The molecular weight excluding hydrogens is 709 g/mol. The third kappa shape index (κ3) is 13.0. The first kappa shape index (κ1) is 41.5. The van der Waals surface area contributed by atoms with Crippen molar-refractivity contribution in [2.75, 3.05) is 72.8 Å². The lowest BCUT2D eigenvalue weighted by molar-refractivity contribution is -0.122. The van der Waals surface area contributed by atoms with Crippen molar-refractivity contribution in [1.82, 2.24) is 35.9 Å². The zero-order valence-corrected chi connectivity index (χ0v) is 33.5. The Hall–Kier alpha value is -3.63. The van der Waals surface area contributed by atoms with Crippen LogP contribution < -0.4 is 30.7 Å². The maximum atomic E-state index is 12.8. The minimum absolute atomic E-state index is 0.0990. The lowest BCUT2D eigenvalue weighted by Crippen LogP contribution is -2.45. The third-order valence-electron chi connectivity index (χ3n) is 10.9. The molecule has 0 bridgehead atoms. The number of carbonyl (C=O) groups excluding carboxylic acids is 2. The normalized spacial score (nSPS) is 18.0. The molecule has 4 N–H and O–H groups in total. The molecule has 3 aliphatic rings. The molecule has 2 aromatic rings. The molecular formula is C38H62N10O5S. The lowest BCUT2D eigenvalue weighted by Gasteiger charge is -2.36. The van der Waals surface area contributed by atoms with E-state index in [4.69, 9.17) is 19.5 Å². The van der Waals surface area contributed by atoms with Gasteiger partial charge < -0.3 is 30.7 Å². The first-order valence-electron chi connectivity index (χ1n) is 20.1. The average molecular weight is 771 g/mol. The summed E-state index contributed by atoms with van der Waals surface area (Å²) < 4.78 is 30.9. The Balaban J connectivity index is 1.02. The third-order valence-corrected chi connectivity index (χ3v) is 11.6. The van der Waals surface area contributed by atoms with Crippen molar-refractivity contribution in [2.45, 2.75) is 110 Å². The predicted molar refractivity (Wildman–Crippen MR) is 212 cm³/mol. The van der Waals surface area contributed by atoms with Crippen LogP contribution in [0.1, 0.15) is 120 Å². The summed E-state index contributed by atoms with van der Waals surface area (Å²) in [5.74, 6) is 3.06. The molecule has 5 heterocycles. The number of nitrogens with one attached hydrogen (secondary N) is 3. The van der Waals surface area contributed by atoms with Gasteiger partial charge in [-0.05, 0) is 93.4 Å². The Bertz CT molecular complexity index is 1600. The fraction of sp³-hybridized carbons (Fsp3) is 0.737. The van der Waals surface area contributed by atoms with Gasteiger partial charge in [0.15, 0.2) is 0 Å². The van der Waals surface area contributed by atoms with Gasteiger partial charge in [0.05, 0.1) is 11.4 Å². The molecule has 54 heavy (non-hydrogen) atoms. The number of carbonyl (C=O) groups is 2.